The van der Waals surface area contributed by atoms with Gasteiger partial charge in [-0.2, -0.15) is 5.26 Å². The van der Waals surface area contributed by atoms with Crippen molar-refractivity contribution >= 4 is 0 Å². The van der Waals surface area contributed by atoms with Gasteiger partial charge < -0.3 is 0 Å². The minimum Gasteiger partial charge on any atom is -0.293 e. The van der Waals surface area contributed by atoms with Crippen molar-refractivity contribution in [2.24, 2.45) is 0 Å². The average Bonchev–Trinajstić information content (AvgIpc) is 2.17. The van der Waals surface area contributed by atoms with E-state index in [9.17, 15) is 0 Å². The maximum atomic E-state index is 9.06. The lowest BCUT2D eigenvalue weighted by atomic mass is 9.92. The van der Waals surface area contributed by atoms with Crippen LogP contribution in [0.25, 0.3) is 0 Å². The number of hydrogen-bond acceptors (Lipinski definition) is 3. The minimum absolute atomic E-state index is 0.139. The quantitative estimate of drug-likeness (QED) is 0.718. The van der Waals surface area contributed by atoms with Gasteiger partial charge in [-0.15, -0.1) is 0 Å². The molecular weight excluding hydrogens is 222 g/mol. The van der Waals surface area contributed by atoms with Crippen molar-refractivity contribution in [2.75, 3.05) is 13.1 Å². The van der Waals surface area contributed by atoms with Crippen LogP contribution in [0, 0.1) is 11.3 Å². The van der Waals surface area contributed by atoms with Crippen LogP contribution >= 0.6 is 0 Å². The molecule has 2 atom stereocenters. The number of piperazine rings is 1. The van der Waals surface area contributed by atoms with Crippen LogP contribution in [0.5, 0.6) is 0 Å². The molecule has 0 spiro atoms. The summed E-state index contributed by atoms with van der Waals surface area (Å²) in [6, 6.07) is 3.25. The van der Waals surface area contributed by atoms with Crippen LogP contribution in [0.15, 0.2) is 0 Å². The molecule has 0 N–H and O–H groups in total. The third-order valence-corrected chi connectivity index (χ3v) is 3.89. The average molecular weight is 251 g/mol. The maximum Gasteiger partial charge on any atom is 0.0638 e. The molecule has 1 rings (SSSR count). The molecule has 3 nitrogen and oxygen atoms in total. The Balaban J connectivity index is 2.92. The van der Waals surface area contributed by atoms with Crippen LogP contribution in [0.2, 0.25) is 0 Å². The molecule has 1 heterocycles. The zero-order chi connectivity index (χ0) is 14.1. The molecule has 1 aliphatic rings. The van der Waals surface area contributed by atoms with Gasteiger partial charge in [-0.1, -0.05) is 0 Å². The van der Waals surface area contributed by atoms with E-state index in [2.05, 4.69) is 64.3 Å². The first kappa shape index (κ1) is 15.5. The molecule has 0 aliphatic carbocycles. The first-order valence-corrected chi connectivity index (χ1v) is 6.98. The van der Waals surface area contributed by atoms with Crippen molar-refractivity contribution in [1.82, 2.24) is 9.80 Å². The summed E-state index contributed by atoms with van der Waals surface area (Å²) in [6.45, 7) is 17.9. The number of rotatable bonds is 1. The van der Waals surface area contributed by atoms with Crippen LogP contribution in [-0.2, 0) is 0 Å². The van der Waals surface area contributed by atoms with Gasteiger partial charge in [0.1, 0.15) is 0 Å². The van der Waals surface area contributed by atoms with E-state index < -0.39 is 0 Å². The van der Waals surface area contributed by atoms with E-state index in [1.54, 1.807) is 0 Å². The van der Waals surface area contributed by atoms with Gasteiger partial charge in [-0.25, -0.2) is 0 Å². The molecule has 1 fully saturated rings. The second-order valence-corrected chi connectivity index (χ2v) is 7.51. The summed E-state index contributed by atoms with van der Waals surface area (Å²) < 4.78 is 0. The van der Waals surface area contributed by atoms with Gasteiger partial charge in [0.25, 0.3) is 0 Å². The Kier molecular flexibility index (Phi) is 4.46. The zero-order valence-corrected chi connectivity index (χ0v) is 13.1. The molecule has 0 bridgehead atoms. The molecule has 0 aromatic heterocycles. The van der Waals surface area contributed by atoms with Crippen molar-refractivity contribution in [3.05, 3.63) is 0 Å². The van der Waals surface area contributed by atoms with Gasteiger partial charge in [0.2, 0.25) is 0 Å². The predicted octanol–water partition coefficient (Wildman–Crippen LogP) is 2.87. The first-order valence-electron chi connectivity index (χ1n) is 6.98. The highest BCUT2D eigenvalue weighted by molar-refractivity contribution is 4.99. The summed E-state index contributed by atoms with van der Waals surface area (Å²) in [4.78, 5) is 5.04. The molecule has 0 amide bonds. The van der Waals surface area contributed by atoms with E-state index in [0.717, 1.165) is 13.1 Å². The molecule has 0 aromatic rings. The van der Waals surface area contributed by atoms with Gasteiger partial charge in [0.05, 0.1) is 12.5 Å². The largest absolute Gasteiger partial charge is 0.293 e. The topological polar surface area (TPSA) is 30.3 Å². The Morgan fingerprint density at radius 1 is 1.00 bits per heavy atom. The third kappa shape index (κ3) is 3.46. The Hall–Kier alpha value is -0.590. The highest BCUT2D eigenvalue weighted by Gasteiger charge is 2.40. The third-order valence-electron chi connectivity index (χ3n) is 3.89. The van der Waals surface area contributed by atoms with Crippen LogP contribution in [-0.4, -0.2) is 46.1 Å². The zero-order valence-electron chi connectivity index (χ0n) is 13.1. The van der Waals surface area contributed by atoms with Gasteiger partial charge in [-0.3, -0.25) is 9.80 Å². The summed E-state index contributed by atoms with van der Waals surface area (Å²) in [6.07, 6.45) is 0.622. The number of nitrogens with zero attached hydrogens (tertiary/aromatic N) is 3. The van der Waals surface area contributed by atoms with Gasteiger partial charge in [0, 0.05) is 36.3 Å². The predicted molar refractivity (Wildman–Crippen MR) is 76.4 cm³/mol. The van der Waals surface area contributed by atoms with Gasteiger partial charge in [0.15, 0.2) is 0 Å². The molecule has 0 saturated carbocycles. The Morgan fingerprint density at radius 3 is 1.89 bits per heavy atom. The summed E-state index contributed by atoms with van der Waals surface area (Å²) in [7, 11) is 0. The normalized spacial score (nSPS) is 28.1. The standard InChI is InChI=1S/C15H29N3/c1-12-10-18(15(5,6)7)13(8-9-16)11-17(12)14(2,3)4/h12-13H,8,10-11H2,1-7H3/t12?,13-/m1/s1. The van der Waals surface area contributed by atoms with Gasteiger partial charge in [-0.05, 0) is 48.5 Å². The van der Waals surface area contributed by atoms with E-state index in [1.165, 1.54) is 0 Å². The summed E-state index contributed by atoms with van der Waals surface area (Å²) in [5.41, 5.74) is 0.316. The fraction of sp³-hybridized carbons (Fsp3) is 0.933. The molecular formula is C15H29N3. The van der Waals surface area contributed by atoms with Crippen LogP contribution in [0.4, 0.5) is 0 Å². The number of hydrogen-bond donors (Lipinski definition) is 0. The Bertz CT molecular complexity index is 316. The van der Waals surface area contributed by atoms with Crippen LogP contribution in [0.1, 0.15) is 54.9 Å². The fourth-order valence-corrected chi connectivity index (χ4v) is 3.07. The SMILES string of the molecule is CC1CN(C(C)(C)C)[C@H](CC#N)CN1C(C)(C)C. The minimum atomic E-state index is 0.139. The molecule has 1 aliphatic heterocycles. The van der Waals surface area contributed by atoms with Crippen molar-refractivity contribution in [3.63, 3.8) is 0 Å². The van der Waals surface area contributed by atoms with Crippen molar-refractivity contribution in [3.8, 4) is 6.07 Å². The second-order valence-electron chi connectivity index (χ2n) is 7.51. The van der Waals surface area contributed by atoms with Crippen molar-refractivity contribution in [2.45, 2.75) is 78.0 Å². The maximum absolute atomic E-state index is 9.06. The highest BCUT2D eigenvalue weighted by Crippen LogP contribution is 2.29. The molecule has 18 heavy (non-hydrogen) atoms. The molecule has 0 aromatic carbocycles. The van der Waals surface area contributed by atoms with Gasteiger partial charge >= 0.3 is 0 Å². The Morgan fingerprint density at radius 2 is 1.50 bits per heavy atom. The van der Waals surface area contributed by atoms with Crippen molar-refractivity contribution < 1.29 is 0 Å². The van der Waals surface area contributed by atoms with Crippen molar-refractivity contribution in [1.29, 1.82) is 5.26 Å². The Labute approximate surface area is 113 Å². The number of nitriles is 1. The smallest absolute Gasteiger partial charge is 0.0638 e. The van der Waals surface area contributed by atoms with Crippen LogP contribution in [0.3, 0.4) is 0 Å². The lowest BCUT2D eigenvalue weighted by Gasteiger charge is -2.54. The van der Waals surface area contributed by atoms with E-state index in [4.69, 9.17) is 5.26 Å². The van der Waals surface area contributed by atoms with E-state index >= 15 is 0 Å². The summed E-state index contributed by atoms with van der Waals surface area (Å²) >= 11 is 0. The highest BCUT2D eigenvalue weighted by atomic mass is 15.3. The summed E-state index contributed by atoms with van der Waals surface area (Å²) in [5, 5.41) is 9.06. The fourth-order valence-electron chi connectivity index (χ4n) is 3.07. The van der Waals surface area contributed by atoms with E-state index in [1.807, 2.05) is 0 Å². The molecule has 104 valence electrons. The summed E-state index contributed by atoms with van der Waals surface area (Å²) in [5.74, 6) is 0. The molecule has 0 radical (unpaired) electrons. The molecule has 1 saturated heterocycles. The molecule has 3 heteroatoms. The van der Waals surface area contributed by atoms with Crippen LogP contribution < -0.4 is 0 Å². The monoisotopic (exact) mass is 251 g/mol. The lowest BCUT2D eigenvalue weighted by Crippen LogP contribution is -2.65. The van der Waals surface area contributed by atoms with E-state index in [-0.39, 0.29) is 11.1 Å². The molecule has 1 unspecified atom stereocenters. The first-order chi connectivity index (χ1) is 8.07. The van der Waals surface area contributed by atoms with E-state index in [0.29, 0.717) is 18.5 Å². The second kappa shape index (κ2) is 5.19. The lowest BCUT2D eigenvalue weighted by molar-refractivity contribution is -0.0513.